The third kappa shape index (κ3) is 7.11. The van der Waals surface area contributed by atoms with Crippen LogP contribution in [0.5, 0.6) is 34.5 Å². The van der Waals surface area contributed by atoms with Crippen molar-refractivity contribution in [3.05, 3.63) is 54.3 Å². The van der Waals surface area contributed by atoms with Gasteiger partial charge >= 0.3 is 0 Å². The topological polar surface area (TPSA) is 55.4 Å². The minimum atomic E-state index is -0.784. The van der Waals surface area contributed by atoms with Crippen LogP contribution in [-0.4, -0.2) is 39.6 Å². The molecule has 6 nitrogen and oxygen atoms in total. The Hall–Kier alpha value is -1.36. The van der Waals surface area contributed by atoms with Crippen molar-refractivity contribution in [2.24, 2.45) is 0 Å². The highest BCUT2D eigenvalue weighted by Crippen LogP contribution is 2.60. The third-order valence-corrected chi connectivity index (χ3v) is 8.48. The maximum Gasteiger partial charge on any atom is 0.155 e. The van der Waals surface area contributed by atoms with Crippen LogP contribution in [0, 0.1) is 0 Å². The van der Waals surface area contributed by atoms with Crippen LogP contribution in [0.15, 0.2) is 43.2 Å². The van der Waals surface area contributed by atoms with Gasteiger partial charge in [-0.15, -0.1) is 0 Å². The Bertz CT molecular complexity index is 1020. The van der Waals surface area contributed by atoms with Crippen molar-refractivity contribution < 1.29 is 28.4 Å². The lowest BCUT2D eigenvalue weighted by Crippen LogP contribution is -2.25. The van der Waals surface area contributed by atoms with Crippen LogP contribution in [0.4, 0.5) is 0 Å². The summed E-state index contributed by atoms with van der Waals surface area (Å²) in [5.74, 6) is 3.50. The molecule has 2 aromatic carbocycles. The van der Waals surface area contributed by atoms with E-state index in [1.165, 1.54) is 0 Å². The molecule has 0 spiro atoms. The molecule has 0 radical (unpaired) electrons. The van der Waals surface area contributed by atoms with Gasteiger partial charge in [-0.25, -0.2) is 0 Å². The van der Waals surface area contributed by atoms with Crippen LogP contribution in [0.2, 0.25) is 0 Å². The molecule has 0 atom stereocenters. The van der Waals surface area contributed by atoms with Crippen molar-refractivity contribution >= 4 is 63.7 Å². The normalized spacial score (nSPS) is 11.1. The van der Waals surface area contributed by atoms with Crippen LogP contribution in [0.25, 0.3) is 0 Å². The third-order valence-electron chi connectivity index (χ3n) is 5.60. The van der Waals surface area contributed by atoms with E-state index in [-0.39, 0.29) is 0 Å². The van der Waals surface area contributed by atoms with Gasteiger partial charge in [-0.1, -0.05) is 39.2 Å². The summed E-state index contributed by atoms with van der Waals surface area (Å²) in [4.78, 5) is 0. The molecule has 2 rings (SSSR count). The Morgan fingerprint density at radius 2 is 0.769 bits per heavy atom. The van der Waals surface area contributed by atoms with Gasteiger partial charge in [0.2, 0.25) is 0 Å². The Balaban J connectivity index is 3.13. The molecular formula is C29H36Br4O6. The quantitative estimate of drug-likeness (QED) is 0.158. The zero-order chi connectivity index (χ0) is 29.3. The van der Waals surface area contributed by atoms with E-state index in [0.717, 1.165) is 11.1 Å². The fourth-order valence-corrected chi connectivity index (χ4v) is 7.20. The number of benzene rings is 2. The monoisotopic (exact) mass is 796 g/mol. The summed E-state index contributed by atoms with van der Waals surface area (Å²) in [6.45, 7) is 21.8. The van der Waals surface area contributed by atoms with Gasteiger partial charge in [-0.2, -0.15) is 0 Å². The highest BCUT2D eigenvalue weighted by molar-refractivity contribution is 9.11. The number of halogens is 4. The van der Waals surface area contributed by atoms with Gasteiger partial charge in [0, 0.05) is 16.5 Å². The van der Waals surface area contributed by atoms with E-state index in [4.69, 9.17) is 28.4 Å². The largest absolute Gasteiger partial charge is 0.492 e. The highest BCUT2D eigenvalue weighted by atomic mass is 79.9. The lowest BCUT2D eigenvalue weighted by atomic mass is 9.75. The molecule has 0 unspecified atom stereocenters. The average molecular weight is 800 g/mol. The Labute approximate surface area is 265 Å². The zero-order valence-corrected chi connectivity index (χ0v) is 29.6. The van der Waals surface area contributed by atoms with Crippen molar-refractivity contribution in [3.8, 4) is 34.5 Å². The van der Waals surface area contributed by atoms with E-state index < -0.39 is 5.41 Å². The van der Waals surface area contributed by atoms with Crippen molar-refractivity contribution in [2.45, 2.75) is 47.0 Å². The van der Waals surface area contributed by atoms with Crippen LogP contribution in [0.3, 0.4) is 0 Å². The molecule has 0 aliphatic carbocycles. The maximum absolute atomic E-state index is 6.28. The first-order chi connectivity index (χ1) is 18.6. The predicted octanol–water partition coefficient (Wildman–Crippen LogP) is 9.79. The minimum Gasteiger partial charge on any atom is -0.492 e. The molecule has 0 aliphatic heterocycles. The van der Waals surface area contributed by atoms with E-state index >= 15 is 0 Å². The first kappa shape index (κ1) is 33.8. The number of ether oxygens (including phenoxy) is 6. The zero-order valence-electron chi connectivity index (χ0n) is 23.3. The molecule has 0 fully saturated rings. The second-order valence-corrected chi connectivity index (χ2v) is 11.7. The first-order valence-corrected chi connectivity index (χ1v) is 15.8. The van der Waals surface area contributed by atoms with Gasteiger partial charge in [0.1, 0.15) is 54.1 Å². The van der Waals surface area contributed by atoms with Gasteiger partial charge in [0.05, 0.1) is 26.4 Å². The summed E-state index contributed by atoms with van der Waals surface area (Å²) >= 11 is 15.0. The molecule has 0 N–H and O–H groups in total. The fourth-order valence-electron chi connectivity index (χ4n) is 4.17. The number of hydrogen-bond donors (Lipinski definition) is 0. The maximum atomic E-state index is 6.28. The summed E-state index contributed by atoms with van der Waals surface area (Å²) in [5.41, 5.74) is 0.793. The fraction of sp³-hybridized carbons (Fsp3) is 0.448. The standard InChI is InChI=1S/C29H36Br4O6/c1-9-15-38-27-19(30)23(34-11-3)17(24(20(27)31)35-12-4)29(7,8)18-25(36-13-5)21(32)28(39-16-10-2)22(33)26(18)37-14-6/h9-10H,1-2,11-16H2,3-8H3. The van der Waals surface area contributed by atoms with Gasteiger partial charge in [-0.05, 0) is 91.4 Å². The van der Waals surface area contributed by atoms with Crippen molar-refractivity contribution in [1.29, 1.82) is 0 Å². The van der Waals surface area contributed by atoms with E-state index in [9.17, 15) is 0 Å². The highest BCUT2D eigenvalue weighted by Gasteiger charge is 2.42. The summed E-state index contributed by atoms with van der Waals surface area (Å²) < 4.78 is 39.8. The van der Waals surface area contributed by atoms with Crippen molar-refractivity contribution in [3.63, 3.8) is 0 Å². The summed E-state index contributed by atoms with van der Waals surface area (Å²) in [5, 5.41) is 0. The number of rotatable bonds is 16. The molecule has 0 aromatic heterocycles. The van der Waals surface area contributed by atoms with E-state index in [0.29, 0.717) is 92.0 Å². The molecule has 0 bridgehead atoms. The minimum absolute atomic E-state index is 0.312. The molecule has 216 valence electrons. The smallest absolute Gasteiger partial charge is 0.155 e. The van der Waals surface area contributed by atoms with E-state index in [1.807, 2.05) is 27.7 Å². The molecule has 2 aromatic rings. The Morgan fingerprint density at radius 3 is 0.974 bits per heavy atom. The lowest BCUT2D eigenvalue weighted by molar-refractivity contribution is 0.281. The van der Waals surface area contributed by atoms with Crippen LogP contribution >= 0.6 is 63.7 Å². The molecule has 10 heteroatoms. The van der Waals surface area contributed by atoms with Crippen LogP contribution < -0.4 is 28.4 Å². The van der Waals surface area contributed by atoms with Crippen molar-refractivity contribution in [2.75, 3.05) is 39.6 Å². The second-order valence-electron chi connectivity index (χ2n) is 8.54. The lowest BCUT2D eigenvalue weighted by Gasteiger charge is -2.35. The van der Waals surface area contributed by atoms with E-state index in [1.54, 1.807) is 12.2 Å². The molecule has 39 heavy (non-hydrogen) atoms. The predicted molar refractivity (Wildman–Crippen MR) is 172 cm³/mol. The molecule has 0 amide bonds. The summed E-state index contributed by atoms with van der Waals surface area (Å²) in [6.07, 6.45) is 3.37. The second kappa shape index (κ2) is 15.6. The molecule has 0 heterocycles. The average Bonchev–Trinajstić information content (AvgIpc) is 2.89. The van der Waals surface area contributed by atoms with Gasteiger partial charge in [-0.3, -0.25) is 0 Å². The SMILES string of the molecule is C=CCOc1c(Br)c(OCC)c(C(C)(C)c2c(OCC)c(Br)c(OCC=C)c(Br)c2OCC)c(OCC)c1Br. The van der Waals surface area contributed by atoms with Gasteiger partial charge in [0.15, 0.2) is 11.5 Å². The van der Waals surface area contributed by atoms with Gasteiger partial charge < -0.3 is 28.4 Å². The Kier molecular flexibility index (Phi) is 13.5. The van der Waals surface area contributed by atoms with Crippen LogP contribution in [0.1, 0.15) is 52.7 Å². The summed E-state index contributed by atoms with van der Waals surface area (Å²) in [6, 6.07) is 0. The first-order valence-electron chi connectivity index (χ1n) is 12.7. The molecule has 0 aliphatic rings. The van der Waals surface area contributed by atoms with Crippen molar-refractivity contribution in [1.82, 2.24) is 0 Å². The molecular weight excluding hydrogens is 764 g/mol. The number of hydrogen-bond acceptors (Lipinski definition) is 6. The molecule has 0 saturated heterocycles. The van der Waals surface area contributed by atoms with Crippen LogP contribution in [-0.2, 0) is 5.41 Å². The molecule has 0 saturated carbocycles. The van der Waals surface area contributed by atoms with Gasteiger partial charge in [0.25, 0.3) is 0 Å². The summed E-state index contributed by atoms with van der Waals surface area (Å²) in [7, 11) is 0. The Morgan fingerprint density at radius 1 is 0.513 bits per heavy atom. The van der Waals surface area contributed by atoms with E-state index in [2.05, 4.69) is 90.7 Å².